The van der Waals surface area contributed by atoms with Crippen molar-refractivity contribution >= 4 is 17.3 Å². The first kappa shape index (κ1) is 14.9. The quantitative estimate of drug-likeness (QED) is 0.883. The Balaban J connectivity index is 1.74. The molecule has 0 radical (unpaired) electrons. The first-order chi connectivity index (χ1) is 11.1. The second kappa shape index (κ2) is 5.44. The number of hydrogen-bond donors (Lipinski definition) is 2. The summed E-state index contributed by atoms with van der Waals surface area (Å²) < 4.78 is 27.8. The van der Waals surface area contributed by atoms with Crippen LogP contribution in [0.1, 0.15) is 11.1 Å². The first-order valence-corrected chi connectivity index (χ1v) is 7.90. The van der Waals surface area contributed by atoms with Crippen LogP contribution in [0.4, 0.5) is 14.5 Å². The summed E-state index contributed by atoms with van der Waals surface area (Å²) in [6.07, 6.45) is 0. The second-order valence-electron chi connectivity index (χ2n) is 6.08. The Labute approximate surface area is 138 Å². The molecule has 0 bridgehead atoms. The molecule has 1 fully saturated rings. The normalized spacial score (nSPS) is 22.8. The highest BCUT2D eigenvalue weighted by molar-refractivity contribution is 6.31. The van der Waals surface area contributed by atoms with E-state index in [0.717, 1.165) is 11.3 Å². The summed E-state index contributed by atoms with van der Waals surface area (Å²) in [6, 6.07) is 9.46. The van der Waals surface area contributed by atoms with Crippen molar-refractivity contribution in [2.24, 2.45) is 0 Å². The minimum atomic E-state index is -0.338. The van der Waals surface area contributed by atoms with Gasteiger partial charge in [-0.3, -0.25) is 5.32 Å². The number of fused-ring (bicyclic) bond motifs is 2. The molecule has 1 saturated heterocycles. The molecule has 0 aliphatic carbocycles. The maximum Gasteiger partial charge on any atom is 0.129 e. The van der Waals surface area contributed by atoms with Crippen LogP contribution in [0.5, 0.6) is 0 Å². The van der Waals surface area contributed by atoms with Gasteiger partial charge in [0.05, 0.1) is 5.54 Å². The Bertz CT molecular complexity index is 739. The number of hydrogen-bond acceptors (Lipinski definition) is 3. The van der Waals surface area contributed by atoms with E-state index >= 15 is 0 Å². The zero-order valence-corrected chi connectivity index (χ0v) is 13.1. The Morgan fingerprint density at radius 1 is 1.22 bits per heavy atom. The van der Waals surface area contributed by atoms with Crippen LogP contribution in [-0.4, -0.2) is 19.8 Å². The van der Waals surface area contributed by atoms with Crippen molar-refractivity contribution in [1.29, 1.82) is 0 Å². The van der Waals surface area contributed by atoms with Crippen LogP contribution in [0.3, 0.4) is 0 Å². The molecule has 2 aliphatic heterocycles. The van der Waals surface area contributed by atoms with E-state index in [1.165, 1.54) is 12.1 Å². The van der Waals surface area contributed by atoms with E-state index in [4.69, 9.17) is 11.6 Å². The molecule has 2 heterocycles. The van der Waals surface area contributed by atoms with Crippen LogP contribution in [0, 0.1) is 11.6 Å². The molecule has 23 heavy (non-hydrogen) atoms. The summed E-state index contributed by atoms with van der Waals surface area (Å²) in [5.41, 5.74) is 1.96. The van der Waals surface area contributed by atoms with Crippen LogP contribution in [0.25, 0.3) is 0 Å². The van der Waals surface area contributed by atoms with Crippen LogP contribution in [-0.2, 0) is 12.1 Å². The SMILES string of the molecule is Fc1ccc2c(c1)C1(CNCN1)CN2Cc1c(F)cccc1Cl. The molecule has 2 N–H and O–H groups in total. The second-order valence-corrected chi connectivity index (χ2v) is 6.49. The molecule has 1 atom stereocenters. The minimum Gasteiger partial charge on any atom is -0.364 e. The molecule has 0 amide bonds. The third-order valence-corrected chi connectivity index (χ3v) is 5.02. The molecule has 2 aromatic rings. The topological polar surface area (TPSA) is 27.3 Å². The number of halogens is 3. The molecule has 0 saturated carbocycles. The molecule has 1 spiro atoms. The highest BCUT2D eigenvalue weighted by Gasteiger charge is 2.45. The molecule has 3 nitrogen and oxygen atoms in total. The zero-order chi connectivity index (χ0) is 16.0. The van der Waals surface area contributed by atoms with Gasteiger partial charge in [0.1, 0.15) is 11.6 Å². The van der Waals surface area contributed by atoms with Gasteiger partial charge < -0.3 is 10.2 Å². The van der Waals surface area contributed by atoms with Crippen molar-refractivity contribution < 1.29 is 8.78 Å². The summed E-state index contributed by atoms with van der Waals surface area (Å²) in [4.78, 5) is 2.05. The number of benzene rings is 2. The van der Waals surface area contributed by atoms with Crippen molar-refractivity contribution in [3.8, 4) is 0 Å². The molecule has 120 valence electrons. The average Bonchev–Trinajstić information content (AvgIpc) is 3.10. The molecule has 4 rings (SSSR count). The summed E-state index contributed by atoms with van der Waals surface area (Å²) in [5, 5.41) is 7.09. The van der Waals surface area contributed by atoms with E-state index in [1.54, 1.807) is 24.3 Å². The number of nitrogens with one attached hydrogen (secondary N) is 2. The van der Waals surface area contributed by atoms with Crippen LogP contribution < -0.4 is 15.5 Å². The Morgan fingerprint density at radius 3 is 2.83 bits per heavy atom. The maximum absolute atomic E-state index is 14.1. The van der Waals surface area contributed by atoms with E-state index in [1.807, 2.05) is 0 Å². The smallest absolute Gasteiger partial charge is 0.129 e. The van der Waals surface area contributed by atoms with E-state index in [9.17, 15) is 8.78 Å². The summed E-state index contributed by atoms with van der Waals surface area (Å²) in [5.74, 6) is -0.581. The Hall–Kier alpha value is -1.69. The van der Waals surface area contributed by atoms with Gasteiger partial charge in [0.2, 0.25) is 0 Å². The summed E-state index contributed by atoms with van der Waals surface area (Å²) >= 11 is 6.16. The minimum absolute atomic E-state index is 0.261. The van der Waals surface area contributed by atoms with Gasteiger partial charge in [-0.15, -0.1) is 0 Å². The number of anilines is 1. The van der Waals surface area contributed by atoms with Gasteiger partial charge in [-0.1, -0.05) is 17.7 Å². The van der Waals surface area contributed by atoms with E-state index in [-0.39, 0.29) is 17.2 Å². The van der Waals surface area contributed by atoms with Gasteiger partial charge >= 0.3 is 0 Å². The highest BCUT2D eigenvalue weighted by atomic mass is 35.5. The van der Waals surface area contributed by atoms with Gasteiger partial charge in [0.25, 0.3) is 0 Å². The van der Waals surface area contributed by atoms with Crippen molar-refractivity contribution in [2.75, 3.05) is 24.7 Å². The zero-order valence-electron chi connectivity index (χ0n) is 12.4. The van der Waals surface area contributed by atoms with Gasteiger partial charge in [0.15, 0.2) is 0 Å². The fraction of sp³-hybridized carbons (Fsp3) is 0.294. The van der Waals surface area contributed by atoms with Gasteiger partial charge in [-0.2, -0.15) is 0 Å². The molecule has 1 unspecified atom stereocenters. The first-order valence-electron chi connectivity index (χ1n) is 7.53. The number of rotatable bonds is 2. The molecular weight excluding hydrogens is 320 g/mol. The number of nitrogens with zero attached hydrogens (tertiary/aromatic N) is 1. The van der Waals surface area contributed by atoms with Crippen molar-refractivity contribution in [2.45, 2.75) is 12.1 Å². The summed E-state index contributed by atoms with van der Waals surface area (Å²) in [7, 11) is 0. The lowest BCUT2D eigenvalue weighted by Crippen LogP contribution is -2.43. The largest absolute Gasteiger partial charge is 0.364 e. The molecule has 6 heteroatoms. The Kier molecular flexibility index (Phi) is 3.52. The predicted octanol–water partition coefficient (Wildman–Crippen LogP) is 2.98. The lowest BCUT2D eigenvalue weighted by molar-refractivity contribution is 0.436. The van der Waals surface area contributed by atoms with Crippen molar-refractivity contribution in [3.05, 3.63) is 64.2 Å². The molecule has 2 aromatic carbocycles. The van der Waals surface area contributed by atoms with Crippen molar-refractivity contribution in [1.82, 2.24) is 10.6 Å². The average molecular weight is 336 g/mol. The standard InChI is InChI=1S/C17H16ClF2N3/c18-14-2-1-3-15(20)12(14)7-23-9-17(8-21-10-22-17)13-6-11(19)4-5-16(13)23/h1-6,21-22H,7-10H2. The molecule has 0 aromatic heterocycles. The fourth-order valence-corrected chi connectivity index (χ4v) is 3.77. The monoisotopic (exact) mass is 335 g/mol. The predicted molar refractivity (Wildman–Crippen MR) is 86.5 cm³/mol. The van der Waals surface area contributed by atoms with E-state index < -0.39 is 0 Å². The highest BCUT2D eigenvalue weighted by Crippen LogP contribution is 2.41. The van der Waals surface area contributed by atoms with E-state index in [2.05, 4.69) is 15.5 Å². The van der Waals surface area contributed by atoms with Crippen LogP contribution >= 0.6 is 11.6 Å². The lowest BCUT2D eigenvalue weighted by atomic mass is 9.93. The Morgan fingerprint density at radius 2 is 2.09 bits per heavy atom. The molecular formula is C17H16ClF2N3. The molecule has 2 aliphatic rings. The maximum atomic E-state index is 14.1. The lowest BCUT2D eigenvalue weighted by Gasteiger charge is -2.25. The van der Waals surface area contributed by atoms with Crippen molar-refractivity contribution in [3.63, 3.8) is 0 Å². The summed E-state index contributed by atoms with van der Waals surface area (Å²) in [6.45, 7) is 2.38. The third-order valence-electron chi connectivity index (χ3n) is 4.66. The fourth-order valence-electron chi connectivity index (χ4n) is 3.55. The van der Waals surface area contributed by atoms with E-state index in [0.29, 0.717) is 36.9 Å². The van der Waals surface area contributed by atoms with Gasteiger partial charge in [0, 0.05) is 48.1 Å². The van der Waals surface area contributed by atoms with Crippen LogP contribution in [0.2, 0.25) is 5.02 Å². The van der Waals surface area contributed by atoms with Gasteiger partial charge in [-0.25, -0.2) is 8.78 Å². The van der Waals surface area contributed by atoms with Gasteiger partial charge in [-0.05, 0) is 30.3 Å². The third kappa shape index (κ3) is 2.40. The van der Waals surface area contributed by atoms with Crippen LogP contribution in [0.15, 0.2) is 36.4 Å².